The fraction of sp³-hybridized carbons (Fsp3) is 0.300. The lowest BCUT2D eigenvalue weighted by Gasteiger charge is -2.07. The predicted molar refractivity (Wildman–Crippen MR) is 60.2 cm³/mol. The average Bonchev–Trinajstić information content (AvgIpc) is 2.29. The number of nitrogen functional groups attached to an aromatic ring is 1. The number of benzene rings is 1. The summed E-state index contributed by atoms with van der Waals surface area (Å²) in [5.74, 6) is 1.10. The molecule has 0 bridgehead atoms. The Hall–Kier alpha value is -0.670. The Bertz CT molecular complexity index is 392. The van der Waals surface area contributed by atoms with Crippen molar-refractivity contribution < 1.29 is 4.79 Å². The Morgan fingerprint density at radius 1 is 1.43 bits per heavy atom. The lowest BCUT2D eigenvalue weighted by atomic mass is 10.1. The standard InChI is InChI=1S/C10H10ClNOS/c11-8-5-6(12)4-7-9(13)2-1-3-14-10(7)8/h4-5H,1-3,12H2. The van der Waals surface area contributed by atoms with Crippen LogP contribution in [-0.4, -0.2) is 11.5 Å². The number of halogens is 1. The maximum Gasteiger partial charge on any atom is 0.164 e. The highest BCUT2D eigenvalue weighted by Gasteiger charge is 2.18. The number of hydrogen-bond donors (Lipinski definition) is 1. The zero-order valence-electron chi connectivity index (χ0n) is 7.55. The maximum atomic E-state index is 11.7. The molecular weight excluding hydrogens is 218 g/mol. The molecule has 1 aliphatic heterocycles. The van der Waals surface area contributed by atoms with Gasteiger partial charge in [-0.3, -0.25) is 4.79 Å². The van der Waals surface area contributed by atoms with Crippen LogP contribution in [0, 0.1) is 0 Å². The number of Topliss-reactive ketones (excluding diaryl/α,β-unsaturated/α-hetero) is 1. The van der Waals surface area contributed by atoms with Crippen LogP contribution in [0.1, 0.15) is 23.2 Å². The van der Waals surface area contributed by atoms with Gasteiger partial charge in [0.2, 0.25) is 0 Å². The minimum atomic E-state index is 0.152. The summed E-state index contributed by atoms with van der Waals surface area (Å²) in [6.07, 6.45) is 1.51. The largest absolute Gasteiger partial charge is 0.399 e. The Kier molecular flexibility index (Phi) is 2.70. The van der Waals surface area contributed by atoms with Gasteiger partial charge in [-0.2, -0.15) is 0 Å². The number of rotatable bonds is 0. The molecule has 1 heterocycles. The van der Waals surface area contributed by atoms with Gasteiger partial charge in [-0.25, -0.2) is 0 Å². The molecular formula is C10H10ClNOS. The number of carbonyl (C=O) groups excluding carboxylic acids is 1. The molecule has 0 unspecified atom stereocenters. The van der Waals surface area contributed by atoms with E-state index >= 15 is 0 Å². The SMILES string of the molecule is Nc1cc(Cl)c2c(c1)C(=O)CCCS2. The fourth-order valence-electron chi connectivity index (χ4n) is 1.51. The summed E-state index contributed by atoms with van der Waals surface area (Å²) in [7, 11) is 0. The summed E-state index contributed by atoms with van der Waals surface area (Å²) >= 11 is 7.67. The van der Waals surface area contributed by atoms with Gasteiger partial charge in [-0.05, 0) is 24.3 Å². The van der Waals surface area contributed by atoms with E-state index in [9.17, 15) is 4.79 Å². The summed E-state index contributed by atoms with van der Waals surface area (Å²) in [5.41, 5.74) is 6.90. The molecule has 0 saturated heterocycles. The van der Waals surface area contributed by atoms with Gasteiger partial charge >= 0.3 is 0 Å². The Morgan fingerprint density at radius 2 is 2.21 bits per heavy atom. The van der Waals surface area contributed by atoms with E-state index in [2.05, 4.69) is 0 Å². The molecule has 1 aromatic rings. The molecule has 0 saturated carbocycles. The zero-order valence-corrected chi connectivity index (χ0v) is 9.12. The van der Waals surface area contributed by atoms with Crippen molar-refractivity contribution in [1.82, 2.24) is 0 Å². The molecule has 0 aliphatic carbocycles. The first-order valence-electron chi connectivity index (χ1n) is 4.43. The fourth-order valence-corrected chi connectivity index (χ4v) is 2.92. The van der Waals surface area contributed by atoms with Gasteiger partial charge < -0.3 is 5.73 Å². The van der Waals surface area contributed by atoms with Crippen LogP contribution in [0.5, 0.6) is 0 Å². The smallest absolute Gasteiger partial charge is 0.164 e. The molecule has 0 spiro atoms. The van der Waals surface area contributed by atoms with Gasteiger partial charge in [-0.1, -0.05) is 11.6 Å². The van der Waals surface area contributed by atoms with Crippen LogP contribution in [0.15, 0.2) is 17.0 Å². The van der Waals surface area contributed by atoms with Gasteiger partial charge in [0.1, 0.15) is 0 Å². The Labute approximate surface area is 91.8 Å². The summed E-state index contributed by atoms with van der Waals surface area (Å²) < 4.78 is 0. The predicted octanol–water partition coefficient (Wildman–Crippen LogP) is 2.99. The quantitative estimate of drug-likeness (QED) is 0.693. The van der Waals surface area contributed by atoms with Crippen LogP contribution < -0.4 is 5.73 Å². The second-order valence-electron chi connectivity index (χ2n) is 3.25. The third-order valence-corrected chi connectivity index (χ3v) is 3.79. The normalized spacial score (nSPS) is 16.2. The molecule has 2 N–H and O–H groups in total. The van der Waals surface area contributed by atoms with Crippen molar-refractivity contribution in [1.29, 1.82) is 0 Å². The van der Waals surface area contributed by atoms with Crippen molar-refractivity contribution in [2.45, 2.75) is 17.7 Å². The second kappa shape index (κ2) is 3.83. The average molecular weight is 228 g/mol. The maximum absolute atomic E-state index is 11.7. The van der Waals surface area contributed by atoms with E-state index in [4.69, 9.17) is 17.3 Å². The van der Waals surface area contributed by atoms with Crippen LogP contribution in [-0.2, 0) is 0 Å². The molecule has 74 valence electrons. The van der Waals surface area contributed by atoms with Crippen molar-refractivity contribution in [2.24, 2.45) is 0 Å². The minimum absolute atomic E-state index is 0.152. The molecule has 0 amide bonds. The Balaban J connectivity index is 2.58. The van der Waals surface area contributed by atoms with Gasteiger partial charge in [0.05, 0.1) is 5.02 Å². The highest BCUT2D eigenvalue weighted by atomic mass is 35.5. The zero-order chi connectivity index (χ0) is 10.1. The van der Waals surface area contributed by atoms with Crippen molar-refractivity contribution in [2.75, 3.05) is 11.5 Å². The number of nitrogens with two attached hydrogens (primary N) is 1. The van der Waals surface area contributed by atoms with E-state index in [1.807, 2.05) is 0 Å². The molecule has 2 nitrogen and oxygen atoms in total. The van der Waals surface area contributed by atoms with Gasteiger partial charge in [0, 0.05) is 22.6 Å². The molecule has 1 aromatic carbocycles. The van der Waals surface area contributed by atoms with Gasteiger partial charge in [0.15, 0.2) is 5.78 Å². The highest BCUT2D eigenvalue weighted by molar-refractivity contribution is 7.99. The van der Waals surface area contributed by atoms with Crippen LogP contribution in [0.3, 0.4) is 0 Å². The van der Waals surface area contributed by atoms with Crippen molar-refractivity contribution in [3.05, 3.63) is 22.7 Å². The van der Waals surface area contributed by atoms with Gasteiger partial charge in [0.25, 0.3) is 0 Å². The van der Waals surface area contributed by atoms with Crippen LogP contribution in [0.2, 0.25) is 5.02 Å². The molecule has 2 rings (SSSR count). The number of carbonyl (C=O) groups is 1. The van der Waals surface area contributed by atoms with E-state index in [0.29, 0.717) is 22.7 Å². The molecule has 4 heteroatoms. The van der Waals surface area contributed by atoms with Crippen LogP contribution in [0.25, 0.3) is 0 Å². The number of thioether (sulfide) groups is 1. The van der Waals surface area contributed by atoms with Gasteiger partial charge in [-0.15, -0.1) is 11.8 Å². The van der Waals surface area contributed by atoms with E-state index in [-0.39, 0.29) is 5.78 Å². The van der Waals surface area contributed by atoms with E-state index in [1.165, 1.54) is 0 Å². The Morgan fingerprint density at radius 3 is 3.00 bits per heavy atom. The van der Waals surface area contributed by atoms with E-state index in [1.54, 1.807) is 23.9 Å². The molecule has 0 atom stereocenters. The van der Waals surface area contributed by atoms with Crippen molar-refractivity contribution >= 4 is 34.8 Å². The first-order chi connectivity index (χ1) is 6.68. The third kappa shape index (κ3) is 1.74. The minimum Gasteiger partial charge on any atom is -0.399 e. The highest BCUT2D eigenvalue weighted by Crippen LogP contribution is 2.36. The topological polar surface area (TPSA) is 43.1 Å². The summed E-state index contributed by atoms with van der Waals surface area (Å²) in [5, 5.41) is 0.597. The first kappa shape index (κ1) is 9.87. The number of fused-ring (bicyclic) bond motifs is 1. The monoisotopic (exact) mass is 227 g/mol. The summed E-state index contributed by atoms with van der Waals surface area (Å²) in [4.78, 5) is 12.6. The number of anilines is 1. The number of hydrogen-bond acceptors (Lipinski definition) is 3. The molecule has 1 aliphatic rings. The van der Waals surface area contributed by atoms with E-state index in [0.717, 1.165) is 17.1 Å². The molecule has 14 heavy (non-hydrogen) atoms. The third-order valence-electron chi connectivity index (χ3n) is 2.16. The summed E-state index contributed by atoms with van der Waals surface area (Å²) in [6, 6.07) is 3.42. The van der Waals surface area contributed by atoms with Crippen molar-refractivity contribution in [3.63, 3.8) is 0 Å². The lowest BCUT2D eigenvalue weighted by Crippen LogP contribution is -2.00. The van der Waals surface area contributed by atoms with Crippen LogP contribution >= 0.6 is 23.4 Å². The van der Waals surface area contributed by atoms with E-state index < -0.39 is 0 Å². The molecule has 0 aromatic heterocycles. The number of ketones is 1. The molecule has 0 radical (unpaired) electrons. The van der Waals surface area contributed by atoms with Crippen LogP contribution in [0.4, 0.5) is 5.69 Å². The summed E-state index contributed by atoms with van der Waals surface area (Å²) in [6.45, 7) is 0. The second-order valence-corrected chi connectivity index (χ2v) is 4.77. The molecule has 0 fully saturated rings. The van der Waals surface area contributed by atoms with Crippen molar-refractivity contribution in [3.8, 4) is 0 Å². The lowest BCUT2D eigenvalue weighted by molar-refractivity contribution is 0.0980. The first-order valence-corrected chi connectivity index (χ1v) is 5.80.